The van der Waals surface area contributed by atoms with Crippen LogP contribution in [0.3, 0.4) is 0 Å². The van der Waals surface area contributed by atoms with E-state index in [9.17, 15) is 13.2 Å². The Morgan fingerprint density at radius 3 is 2.25 bits per heavy atom. The topological polar surface area (TPSA) is 52.0 Å². The van der Waals surface area contributed by atoms with E-state index in [1.165, 1.54) is 0 Å². The first-order chi connectivity index (χ1) is 5.57. The number of rotatable bonds is 1. The summed E-state index contributed by atoms with van der Waals surface area (Å²) in [5, 5.41) is 0. The molecule has 0 atom stereocenters. The smallest absolute Gasteiger partial charge is 0.182 e. The number of halogens is 3. The second-order valence-corrected chi connectivity index (χ2v) is 2.25. The lowest BCUT2D eigenvalue weighted by Crippen LogP contribution is -2.08. The van der Waals surface area contributed by atoms with Crippen molar-refractivity contribution < 1.29 is 13.2 Å². The van der Waals surface area contributed by atoms with Crippen LogP contribution in [0.2, 0.25) is 0 Å². The monoisotopic (exact) mass is 176 g/mol. The van der Waals surface area contributed by atoms with Gasteiger partial charge in [0.2, 0.25) is 0 Å². The van der Waals surface area contributed by atoms with Crippen molar-refractivity contribution in [2.45, 2.75) is 6.54 Å². The molecule has 0 aliphatic carbocycles. The van der Waals surface area contributed by atoms with Crippen LogP contribution in [-0.2, 0) is 6.54 Å². The number of nitrogen functional groups attached to an aromatic ring is 1. The lowest BCUT2D eigenvalue weighted by Gasteiger charge is -2.05. The minimum atomic E-state index is -1.30. The molecular weight excluding hydrogens is 169 g/mol. The lowest BCUT2D eigenvalue weighted by atomic mass is 10.1. The Labute approximate surface area is 67.0 Å². The van der Waals surface area contributed by atoms with Crippen molar-refractivity contribution in [1.29, 1.82) is 0 Å². The fourth-order valence-electron chi connectivity index (χ4n) is 0.859. The fraction of sp³-hybridized carbons (Fsp3) is 0.143. The van der Waals surface area contributed by atoms with Crippen molar-refractivity contribution in [3.05, 3.63) is 29.1 Å². The highest BCUT2D eigenvalue weighted by molar-refractivity contribution is 5.49. The summed E-state index contributed by atoms with van der Waals surface area (Å²) in [6.45, 7) is -0.255. The van der Waals surface area contributed by atoms with Gasteiger partial charge in [0.1, 0.15) is 5.82 Å². The molecule has 0 unspecified atom stereocenters. The zero-order valence-electron chi connectivity index (χ0n) is 6.07. The first-order valence-corrected chi connectivity index (χ1v) is 3.19. The zero-order chi connectivity index (χ0) is 9.30. The Kier molecular flexibility index (Phi) is 2.23. The van der Waals surface area contributed by atoms with E-state index in [4.69, 9.17) is 11.5 Å². The van der Waals surface area contributed by atoms with Gasteiger partial charge in [-0.1, -0.05) is 0 Å². The molecule has 1 aromatic rings. The number of hydrogen-bond donors (Lipinski definition) is 2. The number of anilines is 1. The third-order valence-electron chi connectivity index (χ3n) is 1.52. The van der Waals surface area contributed by atoms with Crippen molar-refractivity contribution in [3.8, 4) is 0 Å². The Morgan fingerprint density at radius 1 is 1.17 bits per heavy atom. The molecular formula is C7H7F3N2. The van der Waals surface area contributed by atoms with Gasteiger partial charge in [0.15, 0.2) is 11.6 Å². The van der Waals surface area contributed by atoms with Crippen LogP contribution in [0.15, 0.2) is 6.07 Å². The average molecular weight is 176 g/mol. The zero-order valence-corrected chi connectivity index (χ0v) is 6.07. The minimum absolute atomic E-state index is 0.200. The van der Waals surface area contributed by atoms with Crippen LogP contribution in [0.5, 0.6) is 0 Å². The molecule has 0 heterocycles. The molecule has 0 aliphatic heterocycles. The summed E-state index contributed by atoms with van der Waals surface area (Å²) in [5.41, 5.74) is 9.36. The van der Waals surface area contributed by atoms with E-state index in [2.05, 4.69) is 0 Å². The summed E-state index contributed by atoms with van der Waals surface area (Å²) in [5.74, 6) is -3.48. The summed E-state index contributed by atoms with van der Waals surface area (Å²) < 4.78 is 37.8. The van der Waals surface area contributed by atoms with Crippen LogP contribution in [0.4, 0.5) is 18.9 Å². The van der Waals surface area contributed by atoms with E-state index in [0.717, 1.165) is 0 Å². The summed E-state index contributed by atoms with van der Waals surface area (Å²) in [4.78, 5) is 0. The van der Waals surface area contributed by atoms with E-state index in [1.54, 1.807) is 0 Å². The molecule has 1 rings (SSSR count). The van der Waals surface area contributed by atoms with Gasteiger partial charge >= 0.3 is 0 Å². The number of hydrogen-bond acceptors (Lipinski definition) is 2. The number of nitrogens with two attached hydrogens (primary N) is 2. The van der Waals surface area contributed by atoms with Crippen molar-refractivity contribution >= 4 is 5.69 Å². The molecule has 1 aromatic carbocycles. The van der Waals surface area contributed by atoms with Crippen LogP contribution in [0.1, 0.15) is 5.56 Å². The molecule has 0 bridgehead atoms. The van der Waals surface area contributed by atoms with Crippen molar-refractivity contribution in [2.24, 2.45) is 5.73 Å². The molecule has 0 spiro atoms. The summed E-state index contributed by atoms with van der Waals surface area (Å²) in [6, 6.07) is 0.424. The summed E-state index contributed by atoms with van der Waals surface area (Å²) >= 11 is 0. The normalized spacial score (nSPS) is 10.3. The standard InChI is InChI=1S/C7H7F3N2/c8-4-1-5(9)6(10)7(12)3(4)2-11/h1H,2,11-12H2. The highest BCUT2D eigenvalue weighted by Crippen LogP contribution is 2.21. The fourth-order valence-corrected chi connectivity index (χ4v) is 0.859. The van der Waals surface area contributed by atoms with Gasteiger partial charge in [0.25, 0.3) is 0 Å². The Bertz CT molecular complexity index is 312. The van der Waals surface area contributed by atoms with Gasteiger partial charge in [-0.05, 0) is 0 Å². The predicted octanol–water partition coefficient (Wildman–Crippen LogP) is 1.14. The molecule has 0 saturated heterocycles. The van der Waals surface area contributed by atoms with Crippen LogP contribution < -0.4 is 11.5 Å². The summed E-state index contributed by atoms with van der Waals surface area (Å²) in [7, 11) is 0. The van der Waals surface area contributed by atoms with Crippen LogP contribution in [0.25, 0.3) is 0 Å². The van der Waals surface area contributed by atoms with Crippen molar-refractivity contribution in [1.82, 2.24) is 0 Å². The molecule has 66 valence electrons. The third kappa shape index (κ3) is 1.23. The quantitative estimate of drug-likeness (QED) is 0.498. The Hall–Kier alpha value is -1.23. The lowest BCUT2D eigenvalue weighted by molar-refractivity contribution is 0.494. The van der Waals surface area contributed by atoms with E-state index in [-0.39, 0.29) is 12.1 Å². The molecule has 4 N–H and O–H groups in total. The van der Waals surface area contributed by atoms with E-state index in [0.29, 0.717) is 6.07 Å². The second kappa shape index (κ2) is 3.02. The van der Waals surface area contributed by atoms with Gasteiger partial charge < -0.3 is 11.5 Å². The second-order valence-electron chi connectivity index (χ2n) is 2.25. The molecule has 5 heteroatoms. The minimum Gasteiger partial charge on any atom is -0.396 e. The van der Waals surface area contributed by atoms with Gasteiger partial charge in [0, 0.05) is 18.2 Å². The highest BCUT2D eigenvalue weighted by Gasteiger charge is 2.14. The molecule has 0 amide bonds. The largest absolute Gasteiger partial charge is 0.396 e. The van der Waals surface area contributed by atoms with Crippen LogP contribution in [0, 0.1) is 17.5 Å². The summed E-state index contributed by atoms with van der Waals surface area (Å²) in [6.07, 6.45) is 0. The maximum absolute atomic E-state index is 12.7. The van der Waals surface area contributed by atoms with Gasteiger partial charge in [0.05, 0.1) is 5.69 Å². The van der Waals surface area contributed by atoms with E-state index < -0.39 is 23.1 Å². The first-order valence-electron chi connectivity index (χ1n) is 3.19. The molecule has 2 nitrogen and oxygen atoms in total. The SMILES string of the molecule is NCc1c(F)cc(F)c(F)c1N. The molecule has 0 fully saturated rings. The van der Waals surface area contributed by atoms with Crippen molar-refractivity contribution in [2.75, 3.05) is 5.73 Å². The average Bonchev–Trinajstić information content (AvgIpc) is 2.01. The van der Waals surface area contributed by atoms with Gasteiger partial charge in [-0.15, -0.1) is 0 Å². The van der Waals surface area contributed by atoms with Gasteiger partial charge in [-0.3, -0.25) is 0 Å². The van der Waals surface area contributed by atoms with Crippen molar-refractivity contribution in [3.63, 3.8) is 0 Å². The molecule has 0 saturated carbocycles. The molecule has 0 aliphatic rings. The maximum Gasteiger partial charge on any atom is 0.182 e. The molecule has 0 aromatic heterocycles. The molecule has 0 radical (unpaired) electrons. The maximum atomic E-state index is 12.7. The van der Waals surface area contributed by atoms with E-state index >= 15 is 0 Å². The van der Waals surface area contributed by atoms with Gasteiger partial charge in [-0.25, -0.2) is 13.2 Å². The van der Waals surface area contributed by atoms with Gasteiger partial charge in [-0.2, -0.15) is 0 Å². The Balaban J connectivity index is 3.40. The highest BCUT2D eigenvalue weighted by atomic mass is 19.2. The van der Waals surface area contributed by atoms with Crippen LogP contribution >= 0.6 is 0 Å². The first kappa shape index (κ1) is 8.86. The third-order valence-corrected chi connectivity index (χ3v) is 1.52. The number of benzene rings is 1. The van der Waals surface area contributed by atoms with E-state index in [1.807, 2.05) is 0 Å². The van der Waals surface area contributed by atoms with Crippen LogP contribution in [-0.4, -0.2) is 0 Å². The predicted molar refractivity (Wildman–Crippen MR) is 38.6 cm³/mol. The molecule has 12 heavy (non-hydrogen) atoms. The Morgan fingerprint density at radius 2 is 1.75 bits per heavy atom.